The normalized spacial score (nSPS) is 12.3. The Morgan fingerprint density at radius 1 is 1.15 bits per heavy atom. The number of nitrogen functional groups attached to an aromatic ring is 1. The molecule has 0 saturated carbocycles. The number of pyridine rings is 2. The molecular formula is C18H22N4O4S. The van der Waals surface area contributed by atoms with Crippen molar-refractivity contribution >= 4 is 21.3 Å². The SMILES string of the molecule is COc1cc2ncc(-c3ccc(N)nc3OC)n2cc1S(=O)(=O)C(C)(C)C. The molecule has 3 aromatic rings. The first-order valence-corrected chi connectivity index (χ1v) is 9.69. The number of hydrogen-bond donors (Lipinski definition) is 1. The van der Waals surface area contributed by atoms with Crippen molar-refractivity contribution < 1.29 is 17.9 Å². The Morgan fingerprint density at radius 3 is 2.44 bits per heavy atom. The molecule has 0 atom stereocenters. The summed E-state index contributed by atoms with van der Waals surface area (Å²) in [6.07, 6.45) is 3.14. The lowest BCUT2D eigenvalue weighted by atomic mass is 10.2. The van der Waals surface area contributed by atoms with E-state index in [0.717, 1.165) is 0 Å². The molecule has 3 aromatic heterocycles. The monoisotopic (exact) mass is 390 g/mol. The summed E-state index contributed by atoms with van der Waals surface area (Å²) in [7, 11) is -0.722. The maximum Gasteiger partial charge on any atom is 0.224 e. The number of aromatic nitrogens is 3. The van der Waals surface area contributed by atoms with Gasteiger partial charge in [0.1, 0.15) is 22.1 Å². The second-order valence-corrected chi connectivity index (χ2v) is 9.66. The zero-order valence-corrected chi connectivity index (χ0v) is 16.7. The highest BCUT2D eigenvalue weighted by Crippen LogP contribution is 2.35. The molecule has 144 valence electrons. The molecule has 2 N–H and O–H groups in total. The molecule has 9 heteroatoms. The van der Waals surface area contributed by atoms with Crippen LogP contribution in [0.5, 0.6) is 11.6 Å². The first-order chi connectivity index (χ1) is 12.6. The highest BCUT2D eigenvalue weighted by molar-refractivity contribution is 7.92. The van der Waals surface area contributed by atoms with Crippen LogP contribution in [0.3, 0.4) is 0 Å². The summed E-state index contributed by atoms with van der Waals surface area (Å²) in [5, 5.41) is 0. The average molecular weight is 390 g/mol. The predicted octanol–water partition coefficient (Wildman–Crippen LogP) is 2.57. The van der Waals surface area contributed by atoms with Crippen LogP contribution in [-0.2, 0) is 9.84 Å². The zero-order chi connectivity index (χ0) is 20.0. The standard InChI is InChI=1S/C18H22N4O4S/c1-18(2,3)27(23,24)14-10-22-12(9-20-16(22)8-13(14)25-4)11-6-7-15(19)21-17(11)26-5/h6-10H,1-5H3,(H2,19,21). The van der Waals surface area contributed by atoms with Gasteiger partial charge >= 0.3 is 0 Å². The molecule has 8 nitrogen and oxygen atoms in total. The Bertz CT molecular complexity index is 1110. The van der Waals surface area contributed by atoms with E-state index in [4.69, 9.17) is 15.2 Å². The summed E-state index contributed by atoms with van der Waals surface area (Å²) < 4.78 is 37.4. The quantitative estimate of drug-likeness (QED) is 0.729. The molecule has 27 heavy (non-hydrogen) atoms. The van der Waals surface area contributed by atoms with Gasteiger partial charge in [0.25, 0.3) is 0 Å². The second kappa shape index (κ2) is 6.41. The van der Waals surface area contributed by atoms with Crippen molar-refractivity contribution in [2.75, 3.05) is 20.0 Å². The molecule has 0 aliphatic carbocycles. The molecule has 0 radical (unpaired) electrons. The van der Waals surface area contributed by atoms with Crippen LogP contribution in [0.4, 0.5) is 5.82 Å². The van der Waals surface area contributed by atoms with E-state index in [0.29, 0.717) is 28.6 Å². The number of sulfone groups is 1. The van der Waals surface area contributed by atoms with Gasteiger partial charge in [-0.15, -0.1) is 0 Å². The van der Waals surface area contributed by atoms with Crippen molar-refractivity contribution in [2.24, 2.45) is 0 Å². The van der Waals surface area contributed by atoms with Crippen molar-refractivity contribution in [3.8, 4) is 22.9 Å². The van der Waals surface area contributed by atoms with Gasteiger partial charge in [0.15, 0.2) is 9.84 Å². The van der Waals surface area contributed by atoms with Crippen LogP contribution in [-0.4, -0.2) is 41.8 Å². The van der Waals surface area contributed by atoms with E-state index < -0.39 is 14.6 Å². The van der Waals surface area contributed by atoms with E-state index in [1.807, 2.05) is 0 Å². The number of hydrogen-bond acceptors (Lipinski definition) is 7. The van der Waals surface area contributed by atoms with Crippen LogP contribution < -0.4 is 15.2 Å². The van der Waals surface area contributed by atoms with Crippen molar-refractivity contribution in [1.82, 2.24) is 14.4 Å². The lowest BCUT2D eigenvalue weighted by molar-refractivity contribution is 0.400. The van der Waals surface area contributed by atoms with Crippen LogP contribution in [0.2, 0.25) is 0 Å². The summed E-state index contributed by atoms with van der Waals surface area (Å²) >= 11 is 0. The molecular weight excluding hydrogens is 368 g/mol. The molecule has 3 rings (SSSR count). The number of fused-ring (bicyclic) bond motifs is 1. The first kappa shape index (κ1) is 19.0. The van der Waals surface area contributed by atoms with Gasteiger partial charge in [0.2, 0.25) is 5.88 Å². The van der Waals surface area contributed by atoms with E-state index in [9.17, 15) is 8.42 Å². The molecule has 0 bridgehead atoms. The number of ether oxygens (including phenoxy) is 2. The summed E-state index contributed by atoms with van der Waals surface area (Å²) in [6.45, 7) is 4.94. The fourth-order valence-corrected chi connectivity index (χ4v) is 3.99. The minimum absolute atomic E-state index is 0.0895. The van der Waals surface area contributed by atoms with Crippen molar-refractivity contribution in [3.05, 3.63) is 30.6 Å². The van der Waals surface area contributed by atoms with Crippen molar-refractivity contribution in [2.45, 2.75) is 30.4 Å². The van der Waals surface area contributed by atoms with Crippen LogP contribution >= 0.6 is 0 Å². The van der Waals surface area contributed by atoms with Gasteiger partial charge in [-0.1, -0.05) is 0 Å². The van der Waals surface area contributed by atoms with E-state index in [1.165, 1.54) is 20.4 Å². The Balaban J connectivity index is 2.33. The molecule has 0 saturated heterocycles. The fourth-order valence-electron chi connectivity index (χ4n) is 2.68. The second-order valence-electron chi connectivity index (χ2n) is 6.99. The number of imidazole rings is 1. The average Bonchev–Trinajstić information content (AvgIpc) is 3.02. The first-order valence-electron chi connectivity index (χ1n) is 8.20. The highest BCUT2D eigenvalue weighted by Gasteiger charge is 2.34. The molecule has 0 unspecified atom stereocenters. The Morgan fingerprint density at radius 2 is 1.85 bits per heavy atom. The van der Waals surface area contributed by atoms with Gasteiger partial charge in [-0.05, 0) is 32.9 Å². The lowest BCUT2D eigenvalue weighted by Gasteiger charge is -2.21. The van der Waals surface area contributed by atoms with E-state index in [-0.39, 0.29) is 10.6 Å². The number of rotatable bonds is 4. The number of nitrogens with zero attached hydrogens (tertiary/aromatic N) is 3. The van der Waals surface area contributed by atoms with Gasteiger partial charge < -0.3 is 15.2 Å². The number of nitrogens with two attached hydrogens (primary N) is 1. The highest BCUT2D eigenvalue weighted by atomic mass is 32.2. The van der Waals surface area contributed by atoms with Gasteiger partial charge in [0, 0.05) is 12.3 Å². The van der Waals surface area contributed by atoms with Gasteiger partial charge in [0.05, 0.1) is 36.4 Å². The van der Waals surface area contributed by atoms with Crippen LogP contribution in [0.25, 0.3) is 16.9 Å². The summed E-state index contributed by atoms with van der Waals surface area (Å²) in [5.74, 6) is 0.895. The molecule has 0 fully saturated rings. The van der Waals surface area contributed by atoms with E-state index in [1.54, 1.807) is 49.6 Å². The fraction of sp³-hybridized carbons (Fsp3) is 0.333. The summed E-state index contributed by atoms with van der Waals surface area (Å²) in [4.78, 5) is 8.62. The topological polar surface area (TPSA) is 109 Å². The lowest BCUT2D eigenvalue weighted by Crippen LogP contribution is -2.28. The molecule has 0 aliphatic heterocycles. The number of methoxy groups -OCH3 is 2. The predicted molar refractivity (Wildman–Crippen MR) is 103 cm³/mol. The van der Waals surface area contributed by atoms with Crippen molar-refractivity contribution in [3.63, 3.8) is 0 Å². The van der Waals surface area contributed by atoms with Crippen LogP contribution in [0, 0.1) is 0 Å². The molecule has 0 aromatic carbocycles. The third-order valence-electron chi connectivity index (χ3n) is 4.24. The molecule has 0 aliphatic rings. The molecule has 3 heterocycles. The molecule has 0 spiro atoms. The largest absolute Gasteiger partial charge is 0.495 e. The number of anilines is 1. The minimum atomic E-state index is -3.65. The van der Waals surface area contributed by atoms with Gasteiger partial charge in [-0.2, -0.15) is 4.98 Å². The minimum Gasteiger partial charge on any atom is -0.495 e. The summed E-state index contributed by atoms with van der Waals surface area (Å²) in [5.41, 5.74) is 7.53. The maximum absolute atomic E-state index is 13.0. The zero-order valence-electron chi connectivity index (χ0n) is 15.8. The van der Waals surface area contributed by atoms with Gasteiger partial charge in [-0.25, -0.2) is 13.4 Å². The third kappa shape index (κ3) is 3.08. The summed E-state index contributed by atoms with van der Waals surface area (Å²) in [6, 6.07) is 5.00. The van der Waals surface area contributed by atoms with E-state index in [2.05, 4.69) is 9.97 Å². The Labute approximate surface area is 157 Å². The third-order valence-corrected chi connectivity index (χ3v) is 6.74. The van der Waals surface area contributed by atoms with E-state index >= 15 is 0 Å². The van der Waals surface area contributed by atoms with Crippen LogP contribution in [0.1, 0.15) is 20.8 Å². The smallest absolute Gasteiger partial charge is 0.224 e. The Hall–Kier alpha value is -2.81. The van der Waals surface area contributed by atoms with Gasteiger partial charge in [-0.3, -0.25) is 4.40 Å². The Kier molecular flexibility index (Phi) is 4.51. The maximum atomic E-state index is 13.0. The molecule has 0 amide bonds. The van der Waals surface area contributed by atoms with Crippen molar-refractivity contribution in [1.29, 1.82) is 0 Å². The van der Waals surface area contributed by atoms with Crippen LogP contribution in [0.15, 0.2) is 35.5 Å².